The molecular formula is C22H32O3. The monoisotopic (exact) mass is 344 g/mol. The summed E-state index contributed by atoms with van der Waals surface area (Å²) in [5.74, 6) is 0.328. The average Bonchev–Trinajstić information content (AvgIpc) is 2.60. The largest absolute Gasteiger partial charge is 0.459 e. The zero-order valence-electron chi connectivity index (χ0n) is 16.0. The Hall–Kier alpha value is -1.61. The van der Waals surface area contributed by atoms with E-state index in [1.807, 2.05) is 13.0 Å². The van der Waals surface area contributed by atoms with Gasteiger partial charge < -0.3 is 9.84 Å². The molecule has 0 heterocycles. The molecule has 0 aliphatic heterocycles. The van der Waals surface area contributed by atoms with E-state index in [2.05, 4.69) is 51.6 Å². The molecule has 3 heteroatoms. The van der Waals surface area contributed by atoms with Crippen LogP contribution in [0.5, 0.6) is 0 Å². The first-order valence-corrected chi connectivity index (χ1v) is 9.40. The molecule has 0 radical (unpaired) electrons. The van der Waals surface area contributed by atoms with E-state index in [0.29, 0.717) is 12.3 Å². The maximum atomic E-state index is 12.4. The van der Waals surface area contributed by atoms with Crippen LogP contribution in [0.1, 0.15) is 58.9 Å². The van der Waals surface area contributed by atoms with Crippen LogP contribution in [-0.4, -0.2) is 23.3 Å². The normalized spacial score (nSPS) is 25.2. The van der Waals surface area contributed by atoms with Gasteiger partial charge in [0.15, 0.2) is 0 Å². The van der Waals surface area contributed by atoms with Crippen molar-refractivity contribution in [1.82, 2.24) is 0 Å². The number of hydrogen-bond donors (Lipinski definition) is 1. The van der Waals surface area contributed by atoms with Crippen LogP contribution < -0.4 is 0 Å². The number of carbonyl (C=O) groups is 1. The Bertz CT molecular complexity index is 591. The molecule has 1 saturated carbocycles. The topological polar surface area (TPSA) is 46.5 Å². The highest BCUT2D eigenvalue weighted by atomic mass is 16.5. The predicted molar refractivity (Wildman–Crippen MR) is 101 cm³/mol. The third-order valence-electron chi connectivity index (χ3n) is 5.81. The summed E-state index contributed by atoms with van der Waals surface area (Å²) in [4.78, 5) is 12.4. The van der Waals surface area contributed by atoms with E-state index in [4.69, 9.17) is 4.74 Å². The summed E-state index contributed by atoms with van der Waals surface area (Å²) in [7, 11) is 0. The van der Waals surface area contributed by atoms with Crippen LogP contribution in [0.15, 0.2) is 42.5 Å². The second-order valence-electron chi connectivity index (χ2n) is 8.01. The van der Waals surface area contributed by atoms with Crippen LogP contribution in [0.3, 0.4) is 0 Å². The lowest BCUT2D eigenvalue weighted by atomic mass is 9.64. The molecule has 1 unspecified atom stereocenters. The minimum atomic E-state index is -0.825. The first-order chi connectivity index (χ1) is 11.8. The predicted octanol–water partition coefficient (Wildman–Crippen LogP) is 4.64. The third kappa shape index (κ3) is 4.52. The first-order valence-electron chi connectivity index (χ1n) is 9.40. The van der Waals surface area contributed by atoms with Gasteiger partial charge in [-0.15, -0.1) is 0 Å². The lowest BCUT2D eigenvalue weighted by molar-refractivity contribution is -0.152. The molecule has 0 bridgehead atoms. The van der Waals surface area contributed by atoms with Crippen molar-refractivity contribution < 1.29 is 14.6 Å². The highest BCUT2D eigenvalue weighted by Gasteiger charge is 2.42. The van der Waals surface area contributed by atoms with Crippen molar-refractivity contribution in [3.63, 3.8) is 0 Å². The zero-order valence-corrected chi connectivity index (χ0v) is 16.0. The van der Waals surface area contributed by atoms with Crippen molar-refractivity contribution in [2.45, 2.75) is 71.0 Å². The summed E-state index contributed by atoms with van der Waals surface area (Å²) in [5.41, 5.74) is 1.34. The number of aliphatic hydroxyl groups excluding tert-OH is 1. The van der Waals surface area contributed by atoms with Crippen LogP contribution in [-0.2, 0) is 14.9 Å². The maximum absolute atomic E-state index is 12.4. The fourth-order valence-electron chi connectivity index (χ4n) is 3.96. The standard InChI is InChI=1S/C22H32O3/c1-6-19(23)16(3)21(24)25-20-14-15(2)12-13-18(20)22(4,5)17-10-8-7-9-11-17/h7-11,15,18-20,23H,3,6,12-14H2,1-2,4-5H3/t15-,18-,19?,20-/m1/s1. The summed E-state index contributed by atoms with van der Waals surface area (Å²) in [5, 5.41) is 9.88. The molecule has 4 atom stereocenters. The highest BCUT2D eigenvalue weighted by molar-refractivity contribution is 5.88. The number of esters is 1. The highest BCUT2D eigenvalue weighted by Crippen LogP contribution is 2.43. The summed E-state index contributed by atoms with van der Waals surface area (Å²) in [6.07, 6.45) is 2.54. The molecule has 0 saturated heterocycles. The van der Waals surface area contributed by atoms with Crippen molar-refractivity contribution in [2.24, 2.45) is 11.8 Å². The maximum Gasteiger partial charge on any atom is 0.336 e. The lowest BCUT2D eigenvalue weighted by Crippen LogP contribution is -2.44. The van der Waals surface area contributed by atoms with Crippen molar-refractivity contribution >= 4 is 5.97 Å². The molecule has 1 aliphatic rings. The molecule has 3 nitrogen and oxygen atoms in total. The molecule has 138 valence electrons. The molecule has 1 N–H and O–H groups in total. The molecule has 2 rings (SSSR count). The van der Waals surface area contributed by atoms with E-state index in [1.165, 1.54) is 5.56 Å². The summed E-state index contributed by atoms with van der Waals surface area (Å²) in [6.45, 7) is 12.2. The van der Waals surface area contributed by atoms with Gasteiger partial charge in [-0.25, -0.2) is 4.79 Å². The Morgan fingerprint density at radius 3 is 2.56 bits per heavy atom. The van der Waals surface area contributed by atoms with E-state index in [-0.39, 0.29) is 23.0 Å². The molecule has 1 fully saturated rings. The number of rotatable bonds is 6. The van der Waals surface area contributed by atoms with Gasteiger partial charge in [0.1, 0.15) is 6.10 Å². The van der Waals surface area contributed by atoms with E-state index >= 15 is 0 Å². The van der Waals surface area contributed by atoms with Gasteiger partial charge in [-0.05, 0) is 36.2 Å². The van der Waals surface area contributed by atoms with E-state index < -0.39 is 12.1 Å². The van der Waals surface area contributed by atoms with Crippen molar-refractivity contribution in [3.05, 3.63) is 48.0 Å². The summed E-state index contributed by atoms with van der Waals surface area (Å²) >= 11 is 0. The minimum Gasteiger partial charge on any atom is -0.459 e. The van der Waals surface area contributed by atoms with Gasteiger partial charge in [0, 0.05) is 5.92 Å². The van der Waals surface area contributed by atoms with Crippen LogP contribution in [0.25, 0.3) is 0 Å². The van der Waals surface area contributed by atoms with Crippen LogP contribution >= 0.6 is 0 Å². The number of benzene rings is 1. The van der Waals surface area contributed by atoms with E-state index in [9.17, 15) is 9.90 Å². The average molecular weight is 344 g/mol. The van der Waals surface area contributed by atoms with E-state index in [1.54, 1.807) is 0 Å². The Kier molecular flexibility index (Phi) is 6.45. The molecule has 25 heavy (non-hydrogen) atoms. The van der Waals surface area contributed by atoms with Crippen molar-refractivity contribution in [1.29, 1.82) is 0 Å². The molecule has 1 aromatic rings. The molecule has 1 aromatic carbocycles. The van der Waals surface area contributed by atoms with Gasteiger partial charge in [-0.3, -0.25) is 0 Å². The summed E-state index contributed by atoms with van der Waals surface area (Å²) < 4.78 is 5.87. The molecule has 0 aromatic heterocycles. The third-order valence-corrected chi connectivity index (χ3v) is 5.81. The van der Waals surface area contributed by atoms with Crippen LogP contribution in [0.2, 0.25) is 0 Å². The summed E-state index contributed by atoms with van der Waals surface area (Å²) in [6, 6.07) is 10.4. The minimum absolute atomic E-state index is 0.0863. The molecule has 0 spiro atoms. The van der Waals surface area contributed by atoms with Crippen molar-refractivity contribution in [3.8, 4) is 0 Å². The fraction of sp³-hybridized carbons (Fsp3) is 0.591. The van der Waals surface area contributed by atoms with Gasteiger partial charge >= 0.3 is 5.97 Å². The molecule has 1 aliphatic carbocycles. The second-order valence-corrected chi connectivity index (χ2v) is 8.01. The number of hydrogen-bond acceptors (Lipinski definition) is 3. The van der Waals surface area contributed by atoms with Gasteiger partial charge in [0.25, 0.3) is 0 Å². The Labute approximate surface area is 152 Å². The zero-order chi connectivity index (χ0) is 18.6. The first kappa shape index (κ1) is 19.7. The fourth-order valence-corrected chi connectivity index (χ4v) is 3.96. The Balaban J connectivity index is 2.21. The number of aliphatic hydroxyl groups is 1. The van der Waals surface area contributed by atoms with Crippen molar-refractivity contribution in [2.75, 3.05) is 0 Å². The SMILES string of the molecule is C=C(C(=O)O[C@@H]1C[C@H](C)CC[C@H]1C(C)(C)c1ccccc1)C(O)CC. The Morgan fingerprint density at radius 1 is 1.32 bits per heavy atom. The van der Waals surface area contributed by atoms with Crippen LogP contribution in [0.4, 0.5) is 0 Å². The molecular weight excluding hydrogens is 312 g/mol. The molecule has 0 amide bonds. The van der Waals surface area contributed by atoms with Gasteiger partial charge in [0.05, 0.1) is 11.7 Å². The quantitative estimate of drug-likeness (QED) is 0.604. The Morgan fingerprint density at radius 2 is 1.96 bits per heavy atom. The van der Waals surface area contributed by atoms with Gasteiger partial charge in [0.2, 0.25) is 0 Å². The lowest BCUT2D eigenvalue weighted by Gasteiger charge is -2.44. The van der Waals surface area contributed by atoms with E-state index in [0.717, 1.165) is 19.3 Å². The van der Waals surface area contributed by atoms with Crippen LogP contribution in [0, 0.1) is 11.8 Å². The second kappa shape index (κ2) is 8.18. The smallest absolute Gasteiger partial charge is 0.336 e. The van der Waals surface area contributed by atoms with Gasteiger partial charge in [-0.2, -0.15) is 0 Å². The number of ether oxygens (including phenoxy) is 1. The number of carbonyl (C=O) groups excluding carboxylic acids is 1. The van der Waals surface area contributed by atoms with Gasteiger partial charge in [-0.1, -0.05) is 71.0 Å².